The topological polar surface area (TPSA) is 84.4 Å². The number of sulfonamides is 1. The van der Waals surface area contributed by atoms with Crippen LogP contribution in [0.1, 0.15) is 43.6 Å². The van der Waals surface area contributed by atoms with E-state index in [0.29, 0.717) is 12.5 Å². The lowest BCUT2D eigenvalue weighted by Crippen LogP contribution is -2.52. The van der Waals surface area contributed by atoms with Gasteiger partial charge in [0.25, 0.3) is 0 Å². The molecule has 2 fully saturated rings. The summed E-state index contributed by atoms with van der Waals surface area (Å²) in [6.07, 6.45) is 12.1. The Labute approximate surface area is 185 Å². The molecule has 2 aromatic rings. The Bertz CT molecular complexity index is 918. The van der Waals surface area contributed by atoms with Gasteiger partial charge in [-0.25, -0.2) is 18.1 Å². The van der Waals surface area contributed by atoms with Crippen LogP contribution in [0.5, 0.6) is 0 Å². The van der Waals surface area contributed by atoms with Crippen LogP contribution in [0.3, 0.4) is 0 Å². The molecule has 4 rings (SSSR count). The molecule has 3 heterocycles. The van der Waals surface area contributed by atoms with Crippen molar-refractivity contribution in [3.63, 3.8) is 0 Å². The van der Waals surface area contributed by atoms with Crippen molar-refractivity contribution in [1.29, 1.82) is 0 Å². The molecule has 1 aliphatic heterocycles. The number of anilines is 1. The highest BCUT2D eigenvalue weighted by atomic mass is 32.2. The van der Waals surface area contributed by atoms with E-state index in [2.05, 4.69) is 25.7 Å². The van der Waals surface area contributed by atoms with Gasteiger partial charge in [-0.05, 0) is 61.8 Å². The van der Waals surface area contributed by atoms with Gasteiger partial charge in [-0.15, -0.1) is 0 Å². The van der Waals surface area contributed by atoms with Crippen LogP contribution in [-0.2, 0) is 14.8 Å². The molecule has 0 spiro atoms. The van der Waals surface area contributed by atoms with E-state index in [1.165, 1.54) is 11.8 Å². The summed E-state index contributed by atoms with van der Waals surface area (Å²) in [6.45, 7) is 2.06. The minimum atomic E-state index is -3.27. The molecule has 1 N–H and O–H groups in total. The quantitative estimate of drug-likeness (QED) is 0.707. The van der Waals surface area contributed by atoms with E-state index in [1.807, 2.05) is 36.7 Å². The molecule has 1 aliphatic carbocycles. The monoisotopic (exact) mass is 444 g/mol. The zero-order valence-corrected chi connectivity index (χ0v) is 18.9. The lowest BCUT2D eigenvalue weighted by atomic mass is 9.83. The fourth-order valence-electron chi connectivity index (χ4n) is 4.82. The molecule has 2 aromatic heterocycles. The Morgan fingerprint density at radius 3 is 2.61 bits per heavy atom. The fraction of sp³-hybridized carbons (Fsp3) is 0.565. The van der Waals surface area contributed by atoms with Crippen LogP contribution in [0.2, 0.25) is 0 Å². The van der Waals surface area contributed by atoms with Crippen molar-refractivity contribution in [1.82, 2.24) is 14.7 Å². The van der Waals surface area contributed by atoms with Crippen LogP contribution >= 0.6 is 0 Å². The van der Waals surface area contributed by atoms with E-state index in [4.69, 9.17) is 4.74 Å². The molecule has 0 amide bonds. The Balaban J connectivity index is 1.34. The predicted octanol–water partition coefficient (Wildman–Crippen LogP) is 2.96. The second-order valence-electron chi connectivity index (χ2n) is 8.77. The van der Waals surface area contributed by atoms with Crippen molar-refractivity contribution in [3.8, 4) is 0 Å². The van der Waals surface area contributed by atoms with Gasteiger partial charge in [-0.1, -0.05) is 12.1 Å². The number of hydrogen-bond acceptors (Lipinski definition) is 6. The van der Waals surface area contributed by atoms with E-state index < -0.39 is 10.0 Å². The Morgan fingerprint density at radius 2 is 1.94 bits per heavy atom. The number of aromatic nitrogens is 2. The zero-order valence-electron chi connectivity index (χ0n) is 18.1. The Morgan fingerprint density at radius 1 is 1.10 bits per heavy atom. The molecule has 31 heavy (non-hydrogen) atoms. The summed E-state index contributed by atoms with van der Waals surface area (Å²) in [4.78, 5) is 10.9. The molecule has 1 saturated heterocycles. The smallest absolute Gasteiger partial charge is 0.208 e. The lowest BCUT2D eigenvalue weighted by Gasteiger charge is -2.40. The molecule has 0 aromatic carbocycles. The van der Waals surface area contributed by atoms with Crippen LogP contribution < -0.4 is 9.62 Å². The molecule has 0 unspecified atom stereocenters. The average Bonchev–Trinajstić information content (AvgIpc) is 2.79. The number of nitrogens with zero attached hydrogens (tertiary/aromatic N) is 3. The van der Waals surface area contributed by atoms with Crippen molar-refractivity contribution < 1.29 is 13.2 Å². The highest BCUT2D eigenvalue weighted by molar-refractivity contribution is 7.88. The molecule has 2 aliphatic rings. The molecule has 8 heteroatoms. The second-order valence-corrected chi connectivity index (χ2v) is 10.6. The summed E-state index contributed by atoms with van der Waals surface area (Å²) in [5.74, 6) is 1.58. The lowest BCUT2D eigenvalue weighted by molar-refractivity contribution is -0.00215. The molecule has 0 bridgehead atoms. The maximum atomic E-state index is 11.9. The van der Waals surface area contributed by atoms with Crippen molar-refractivity contribution in [2.24, 2.45) is 5.92 Å². The minimum absolute atomic E-state index is 0.0847. The summed E-state index contributed by atoms with van der Waals surface area (Å²) in [5.41, 5.74) is 1.32. The van der Waals surface area contributed by atoms with E-state index in [9.17, 15) is 8.42 Å². The van der Waals surface area contributed by atoms with Gasteiger partial charge < -0.3 is 9.64 Å². The SMILES string of the molecule is CS(=O)(=O)N[C@H]1CCN(c2ccccn2)C[C@H]1COC1CCC(c2cccnc2)CC1. The first-order valence-corrected chi connectivity index (χ1v) is 13.0. The molecule has 1 saturated carbocycles. The van der Waals surface area contributed by atoms with Crippen LogP contribution in [-0.4, -0.2) is 56.5 Å². The molecular formula is C23H32N4O3S. The second kappa shape index (κ2) is 10.1. The number of ether oxygens (including phenoxy) is 1. The van der Waals surface area contributed by atoms with E-state index in [-0.39, 0.29) is 18.1 Å². The van der Waals surface area contributed by atoms with Gasteiger partial charge in [0.1, 0.15) is 5.82 Å². The zero-order chi connectivity index (χ0) is 21.7. The molecule has 0 radical (unpaired) electrons. The summed E-state index contributed by atoms with van der Waals surface area (Å²) in [7, 11) is -3.27. The van der Waals surface area contributed by atoms with E-state index in [1.54, 1.807) is 6.20 Å². The highest BCUT2D eigenvalue weighted by Gasteiger charge is 2.33. The van der Waals surface area contributed by atoms with Gasteiger partial charge in [-0.3, -0.25) is 4.98 Å². The molecule has 2 atom stereocenters. The third kappa shape index (κ3) is 6.24. The Kier molecular flexibility index (Phi) is 7.20. The largest absolute Gasteiger partial charge is 0.378 e. The van der Waals surface area contributed by atoms with Crippen molar-refractivity contribution in [2.45, 2.75) is 50.2 Å². The molecular weight excluding hydrogens is 412 g/mol. The van der Waals surface area contributed by atoms with Crippen molar-refractivity contribution >= 4 is 15.8 Å². The third-order valence-electron chi connectivity index (χ3n) is 6.45. The predicted molar refractivity (Wildman–Crippen MR) is 122 cm³/mol. The number of rotatable bonds is 7. The standard InChI is InChI=1S/C23H32N4O3S/c1-31(28,29)26-22-11-14-27(23-6-2-3-13-25-23)16-20(22)17-30-21-9-7-18(8-10-21)19-5-4-12-24-15-19/h2-6,12-13,15,18,20-22,26H,7-11,14,16-17H2,1H3/t18?,20-,21?,22-/m0/s1. The van der Waals surface area contributed by atoms with Gasteiger partial charge in [0, 0.05) is 43.6 Å². The van der Waals surface area contributed by atoms with Crippen LogP contribution in [0.25, 0.3) is 0 Å². The first kappa shape index (κ1) is 22.2. The summed E-state index contributed by atoms with van der Waals surface area (Å²) < 4.78 is 33.0. The van der Waals surface area contributed by atoms with E-state index >= 15 is 0 Å². The minimum Gasteiger partial charge on any atom is -0.378 e. The number of piperidine rings is 1. The number of pyridine rings is 2. The first-order chi connectivity index (χ1) is 15.0. The summed E-state index contributed by atoms with van der Waals surface area (Å²) in [5, 5.41) is 0. The van der Waals surface area contributed by atoms with Gasteiger partial charge >= 0.3 is 0 Å². The van der Waals surface area contributed by atoms with Gasteiger partial charge in [-0.2, -0.15) is 0 Å². The molecule has 168 valence electrons. The van der Waals surface area contributed by atoms with Gasteiger partial charge in [0.2, 0.25) is 10.0 Å². The van der Waals surface area contributed by atoms with Crippen molar-refractivity contribution in [3.05, 3.63) is 54.5 Å². The third-order valence-corrected chi connectivity index (χ3v) is 7.18. The van der Waals surface area contributed by atoms with Crippen LogP contribution in [0, 0.1) is 5.92 Å². The first-order valence-electron chi connectivity index (χ1n) is 11.1. The summed E-state index contributed by atoms with van der Waals surface area (Å²) in [6, 6.07) is 9.95. The maximum absolute atomic E-state index is 11.9. The normalized spacial score (nSPS) is 27.2. The molecule has 7 nitrogen and oxygen atoms in total. The Hall–Kier alpha value is -2.03. The van der Waals surface area contributed by atoms with Crippen molar-refractivity contribution in [2.75, 3.05) is 30.9 Å². The highest BCUT2D eigenvalue weighted by Crippen LogP contribution is 2.34. The fourth-order valence-corrected chi connectivity index (χ4v) is 5.68. The van der Waals surface area contributed by atoms with Gasteiger partial charge in [0.05, 0.1) is 19.0 Å². The van der Waals surface area contributed by atoms with Crippen LogP contribution in [0.15, 0.2) is 48.9 Å². The van der Waals surface area contributed by atoms with Gasteiger partial charge in [0.15, 0.2) is 0 Å². The summed E-state index contributed by atoms with van der Waals surface area (Å²) >= 11 is 0. The average molecular weight is 445 g/mol. The maximum Gasteiger partial charge on any atom is 0.208 e. The number of nitrogens with one attached hydrogen (secondary N) is 1. The number of hydrogen-bond donors (Lipinski definition) is 1. The van der Waals surface area contributed by atoms with E-state index in [0.717, 1.165) is 51.0 Å². The van der Waals surface area contributed by atoms with Crippen LogP contribution in [0.4, 0.5) is 5.82 Å².